The van der Waals surface area contributed by atoms with Crippen LogP contribution >= 0.6 is 23.2 Å². The molecule has 34 heavy (non-hydrogen) atoms. The number of sulfonamides is 1. The Kier molecular flexibility index (Phi) is 9.18. The van der Waals surface area contributed by atoms with Gasteiger partial charge in [0.2, 0.25) is 10.0 Å². The van der Waals surface area contributed by atoms with E-state index in [0.717, 1.165) is 29.6 Å². The summed E-state index contributed by atoms with van der Waals surface area (Å²) in [5, 5.41) is 13.0. The minimum Gasteiger partial charge on any atom is -0.296 e. The SMILES string of the molecule is CCCCc1ccc(S(=O)(=O)NC(CC)C(=O)Cn2nnc(Cc3c(Cl)cccc3Cl)n2)cc1. The maximum atomic E-state index is 12.8. The summed E-state index contributed by atoms with van der Waals surface area (Å²) in [6.07, 6.45) is 3.54. The maximum absolute atomic E-state index is 12.8. The van der Waals surface area contributed by atoms with Crippen molar-refractivity contribution >= 4 is 39.0 Å². The number of ketones is 1. The molecule has 1 N–H and O–H groups in total. The normalized spacial score (nSPS) is 12.6. The van der Waals surface area contributed by atoms with E-state index >= 15 is 0 Å². The van der Waals surface area contributed by atoms with Crippen LogP contribution in [0.25, 0.3) is 0 Å². The molecule has 0 radical (unpaired) electrons. The van der Waals surface area contributed by atoms with E-state index in [2.05, 4.69) is 27.1 Å². The van der Waals surface area contributed by atoms with Gasteiger partial charge < -0.3 is 0 Å². The van der Waals surface area contributed by atoms with E-state index in [1.807, 2.05) is 0 Å². The highest BCUT2D eigenvalue weighted by Gasteiger charge is 2.25. The molecule has 0 saturated carbocycles. The lowest BCUT2D eigenvalue weighted by atomic mass is 10.1. The first-order valence-corrected chi connectivity index (χ1v) is 13.3. The van der Waals surface area contributed by atoms with E-state index in [1.54, 1.807) is 49.4 Å². The van der Waals surface area contributed by atoms with E-state index in [1.165, 1.54) is 0 Å². The predicted molar refractivity (Wildman–Crippen MR) is 132 cm³/mol. The molecule has 0 saturated heterocycles. The Morgan fingerprint density at radius 1 is 1.09 bits per heavy atom. The van der Waals surface area contributed by atoms with Crippen LogP contribution in [0.15, 0.2) is 47.4 Å². The lowest BCUT2D eigenvalue weighted by Gasteiger charge is -2.16. The Hall–Kier alpha value is -2.33. The number of rotatable bonds is 12. The fourth-order valence-corrected chi connectivity index (χ4v) is 5.21. The first-order valence-electron chi connectivity index (χ1n) is 11.1. The Balaban J connectivity index is 1.64. The molecule has 3 rings (SSSR count). The first kappa shape index (κ1) is 26.3. The van der Waals surface area contributed by atoms with E-state index in [-0.39, 0.29) is 30.1 Å². The van der Waals surface area contributed by atoms with Gasteiger partial charge in [-0.1, -0.05) is 61.7 Å². The molecule has 1 atom stereocenters. The molecule has 0 bridgehead atoms. The number of tetrazole rings is 1. The third kappa shape index (κ3) is 6.85. The van der Waals surface area contributed by atoms with Crippen molar-refractivity contribution in [3.8, 4) is 0 Å². The van der Waals surface area contributed by atoms with Crippen LogP contribution in [-0.4, -0.2) is 40.5 Å². The van der Waals surface area contributed by atoms with Gasteiger partial charge in [0.15, 0.2) is 11.6 Å². The molecule has 1 aromatic heterocycles. The van der Waals surface area contributed by atoms with Gasteiger partial charge in [-0.05, 0) is 59.9 Å². The zero-order valence-electron chi connectivity index (χ0n) is 19.0. The molecule has 0 aliphatic rings. The number of aryl methyl sites for hydroxylation is 1. The number of nitrogens with one attached hydrogen (secondary N) is 1. The monoisotopic (exact) mass is 523 g/mol. The van der Waals surface area contributed by atoms with Gasteiger partial charge >= 0.3 is 0 Å². The average Bonchev–Trinajstić information content (AvgIpc) is 3.25. The van der Waals surface area contributed by atoms with Gasteiger partial charge in [-0.25, -0.2) is 13.1 Å². The van der Waals surface area contributed by atoms with Gasteiger partial charge in [-0.3, -0.25) is 4.79 Å². The number of halogens is 2. The van der Waals surface area contributed by atoms with Crippen LogP contribution in [0.5, 0.6) is 0 Å². The number of benzene rings is 2. The average molecular weight is 524 g/mol. The van der Waals surface area contributed by atoms with Crippen molar-refractivity contribution in [2.45, 2.75) is 63.4 Å². The summed E-state index contributed by atoms with van der Waals surface area (Å²) in [6.45, 7) is 3.62. The van der Waals surface area contributed by atoms with Crippen LogP contribution in [0.4, 0.5) is 0 Å². The van der Waals surface area contributed by atoms with Crippen molar-refractivity contribution in [2.24, 2.45) is 0 Å². The number of carbonyl (C=O) groups is 1. The van der Waals surface area contributed by atoms with Gasteiger partial charge in [0.05, 0.1) is 10.9 Å². The number of nitrogens with zero attached hydrogens (tertiary/aromatic N) is 4. The van der Waals surface area contributed by atoms with Crippen molar-refractivity contribution in [1.82, 2.24) is 24.9 Å². The van der Waals surface area contributed by atoms with Crippen molar-refractivity contribution in [3.05, 3.63) is 69.5 Å². The Bertz CT molecular complexity index is 1210. The molecule has 182 valence electrons. The Morgan fingerprint density at radius 3 is 2.38 bits per heavy atom. The second kappa shape index (κ2) is 11.9. The molecule has 0 spiro atoms. The summed E-state index contributed by atoms with van der Waals surface area (Å²) in [5.74, 6) is -0.0232. The molecule has 11 heteroatoms. The Morgan fingerprint density at radius 2 is 1.76 bits per heavy atom. The van der Waals surface area contributed by atoms with Crippen LogP contribution in [0.3, 0.4) is 0 Å². The summed E-state index contributed by atoms with van der Waals surface area (Å²) < 4.78 is 28.1. The van der Waals surface area contributed by atoms with Crippen LogP contribution in [0, 0.1) is 0 Å². The van der Waals surface area contributed by atoms with E-state index < -0.39 is 16.1 Å². The number of hydrogen-bond donors (Lipinski definition) is 1. The van der Waals surface area contributed by atoms with Crippen LogP contribution in [0.2, 0.25) is 10.0 Å². The zero-order chi connectivity index (χ0) is 24.7. The quantitative estimate of drug-likeness (QED) is 0.380. The number of aromatic nitrogens is 4. The van der Waals surface area contributed by atoms with Crippen molar-refractivity contribution in [3.63, 3.8) is 0 Å². The molecule has 0 fully saturated rings. The Labute approximate surface area is 209 Å². The van der Waals surface area contributed by atoms with Gasteiger partial charge in [0.1, 0.15) is 6.54 Å². The standard InChI is InChI=1S/C23H27Cl2N5O3S/c1-3-5-7-16-10-12-17(13-11-16)34(32,33)28-21(4-2)22(31)15-30-27-23(26-29-30)14-18-19(24)8-6-9-20(18)25/h6,8-13,21,28H,3-5,7,14-15H2,1-2H3. The van der Waals surface area contributed by atoms with Gasteiger partial charge in [0, 0.05) is 16.5 Å². The summed E-state index contributed by atoms with van der Waals surface area (Å²) in [6, 6.07) is 11.0. The summed E-state index contributed by atoms with van der Waals surface area (Å²) in [4.78, 5) is 14.1. The predicted octanol–water partition coefficient (Wildman–Crippen LogP) is 4.24. The highest BCUT2D eigenvalue weighted by molar-refractivity contribution is 7.89. The third-order valence-electron chi connectivity index (χ3n) is 5.34. The lowest BCUT2D eigenvalue weighted by molar-refractivity contribution is -0.121. The lowest BCUT2D eigenvalue weighted by Crippen LogP contribution is -2.42. The van der Waals surface area contributed by atoms with E-state index in [9.17, 15) is 13.2 Å². The van der Waals surface area contributed by atoms with E-state index in [4.69, 9.17) is 23.2 Å². The second-order valence-electron chi connectivity index (χ2n) is 7.91. The molecule has 3 aromatic rings. The number of hydrogen-bond acceptors (Lipinski definition) is 6. The van der Waals surface area contributed by atoms with Crippen molar-refractivity contribution in [1.29, 1.82) is 0 Å². The third-order valence-corrected chi connectivity index (χ3v) is 7.53. The summed E-state index contributed by atoms with van der Waals surface area (Å²) in [5.41, 5.74) is 1.74. The molecule has 1 unspecified atom stereocenters. The molecule has 0 aliphatic carbocycles. The number of unbranched alkanes of at least 4 members (excludes halogenated alkanes) is 1. The minimum atomic E-state index is -3.86. The number of Topliss-reactive ketones (excluding diaryl/α,β-unsaturated/α-hetero) is 1. The largest absolute Gasteiger partial charge is 0.296 e. The topological polar surface area (TPSA) is 107 Å². The van der Waals surface area contributed by atoms with Crippen molar-refractivity contribution in [2.75, 3.05) is 0 Å². The maximum Gasteiger partial charge on any atom is 0.241 e. The summed E-state index contributed by atoms with van der Waals surface area (Å²) >= 11 is 12.4. The molecule has 8 nitrogen and oxygen atoms in total. The van der Waals surface area contributed by atoms with Gasteiger partial charge in [0.25, 0.3) is 0 Å². The molecule has 0 aliphatic heterocycles. The highest BCUT2D eigenvalue weighted by atomic mass is 35.5. The summed E-state index contributed by atoms with van der Waals surface area (Å²) in [7, 11) is -3.86. The second-order valence-corrected chi connectivity index (χ2v) is 10.4. The molecule has 1 heterocycles. The number of carbonyl (C=O) groups excluding carboxylic acids is 1. The smallest absolute Gasteiger partial charge is 0.241 e. The molecular formula is C23H27Cl2N5O3S. The highest BCUT2D eigenvalue weighted by Crippen LogP contribution is 2.25. The fourth-order valence-electron chi connectivity index (χ4n) is 3.37. The molecule has 2 aromatic carbocycles. The fraction of sp³-hybridized carbons (Fsp3) is 0.391. The van der Waals surface area contributed by atoms with Crippen molar-refractivity contribution < 1.29 is 13.2 Å². The van der Waals surface area contributed by atoms with E-state index in [0.29, 0.717) is 21.4 Å². The van der Waals surface area contributed by atoms with Crippen LogP contribution in [-0.2, 0) is 34.2 Å². The first-order chi connectivity index (χ1) is 16.2. The van der Waals surface area contributed by atoms with Crippen LogP contribution < -0.4 is 4.72 Å². The molecular weight excluding hydrogens is 497 g/mol. The zero-order valence-corrected chi connectivity index (χ0v) is 21.4. The van der Waals surface area contributed by atoms with Crippen LogP contribution in [0.1, 0.15) is 50.1 Å². The van der Waals surface area contributed by atoms with Gasteiger partial charge in [-0.15, -0.1) is 10.2 Å². The molecule has 0 amide bonds. The van der Waals surface area contributed by atoms with Gasteiger partial charge in [-0.2, -0.15) is 4.80 Å². The minimum absolute atomic E-state index is 0.122.